The molecule has 0 saturated carbocycles. The second-order valence-corrected chi connectivity index (χ2v) is 13.6. The van der Waals surface area contributed by atoms with Crippen LogP contribution in [-0.4, -0.2) is 25.4 Å². The van der Waals surface area contributed by atoms with Crippen molar-refractivity contribution in [3.8, 4) is 0 Å². The molecular weight excluding hydrogens is 479 g/mol. The molecule has 0 aliphatic heterocycles. The first-order valence-electron chi connectivity index (χ1n) is 10.5. The summed E-state index contributed by atoms with van der Waals surface area (Å²) in [5, 5.41) is 11.0. The maximum Gasteiger partial charge on any atom is 0.290 e. The summed E-state index contributed by atoms with van der Waals surface area (Å²) in [6, 6.07) is 9.88. The molecule has 1 atom stereocenters. The van der Waals surface area contributed by atoms with Gasteiger partial charge in [-0.3, -0.25) is 10.1 Å². The smallest absolute Gasteiger partial charge is 0.258 e. The van der Waals surface area contributed by atoms with Gasteiger partial charge in [-0.2, -0.15) is 8.42 Å². The van der Waals surface area contributed by atoms with Crippen LogP contribution in [0.15, 0.2) is 79.1 Å². The van der Waals surface area contributed by atoms with E-state index in [9.17, 15) is 22.9 Å². The molecule has 0 radical (unpaired) electrons. The van der Waals surface area contributed by atoms with Crippen LogP contribution in [0.3, 0.4) is 0 Å². The van der Waals surface area contributed by atoms with Gasteiger partial charge in [0.1, 0.15) is 5.82 Å². The number of sulfonamides is 1. The summed E-state index contributed by atoms with van der Waals surface area (Å²) < 4.78 is 52.9. The van der Waals surface area contributed by atoms with Crippen molar-refractivity contribution in [1.29, 1.82) is 0 Å². The highest BCUT2D eigenvalue weighted by atomic mass is 32.3. The molecular formula is C23H31FN4O4S2. The Morgan fingerprint density at radius 1 is 1.03 bits per heavy atom. The third-order valence-corrected chi connectivity index (χ3v) is 9.24. The molecule has 1 unspecified atom stereocenters. The lowest BCUT2D eigenvalue weighted by Crippen LogP contribution is -2.32. The predicted molar refractivity (Wildman–Crippen MR) is 134 cm³/mol. The van der Waals surface area contributed by atoms with Crippen LogP contribution in [-0.2, 0) is 19.8 Å². The number of halogens is 1. The second kappa shape index (κ2) is 10.3. The molecule has 0 aliphatic rings. The van der Waals surface area contributed by atoms with Crippen LogP contribution >= 0.6 is 0 Å². The lowest BCUT2D eigenvalue weighted by Gasteiger charge is -2.31. The predicted octanol–water partition coefficient (Wildman–Crippen LogP) is 5.91. The Hall–Kier alpha value is -2.63. The molecule has 0 amide bonds. The molecule has 0 saturated heterocycles. The Morgan fingerprint density at radius 2 is 1.56 bits per heavy atom. The monoisotopic (exact) mass is 510 g/mol. The summed E-state index contributed by atoms with van der Waals surface area (Å²) in [6.45, 7) is 13.9. The third-order valence-electron chi connectivity index (χ3n) is 4.46. The number of nitro benzene ring substituents is 1. The molecule has 0 aromatic heterocycles. The fourth-order valence-corrected chi connectivity index (χ4v) is 8.30. The second-order valence-electron chi connectivity index (χ2n) is 9.58. The number of hydrogen-bond donors (Lipinski definition) is 1. The molecule has 0 heterocycles. The van der Waals surface area contributed by atoms with Crippen molar-refractivity contribution in [3.05, 3.63) is 77.1 Å². The van der Waals surface area contributed by atoms with E-state index in [0.717, 1.165) is 24.3 Å². The van der Waals surface area contributed by atoms with E-state index in [-0.39, 0.29) is 22.5 Å². The molecule has 8 nitrogen and oxygen atoms in total. The molecule has 0 fully saturated rings. The van der Waals surface area contributed by atoms with Gasteiger partial charge < -0.3 is 0 Å². The molecule has 2 aromatic rings. The summed E-state index contributed by atoms with van der Waals surface area (Å²) in [7, 11) is -7.29. The van der Waals surface area contributed by atoms with Crippen LogP contribution in [0.5, 0.6) is 0 Å². The number of benzene rings is 2. The highest BCUT2D eigenvalue weighted by Crippen LogP contribution is 2.33. The van der Waals surface area contributed by atoms with E-state index in [4.69, 9.17) is 4.36 Å². The van der Waals surface area contributed by atoms with Crippen LogP contribution < -0.4 is 4.72 Å². The minimum Gasteiger partial charge on any atom is -0.258 e. The normalized spacial score (nSPS) is 14.2. The highest BCUT2D eigenvalue weighted by molar-refractivity contribution is 8.03. The minimum atomic E-state index is -4.31. The number of hydrogen-bond acceptors (Lipinski definition) is 5. The first-order valence-corrected chi connectivity index (χ1v) is 13.5. The fraction of sp³-hybridized carbons (Fsp3) is 0.391. The number of nitro groups is 1. The van der Waals surface area contributed by atoms with Crippen LogP contribution in [0.1, 0.15) is 41.0 Å². The van der Waals surface area contributed by atoms with Crippen LogP contribution in [0.4, 0.5) is 10.1 Å². The third kappa shape index (κ3) is 7.44. The average Bonchev–Trinajstić information content (AvgIpc) is 2.70. The number of nitrogens with one attached hydrogen (secondary N) is 1. The number of nitrogens with zero attached hydrogens (tertiary/aromatic N) is 3. The molecule has 186 valence electrons. The molecule has 0 spiro atoms. The van der Waals surface area contributed by atoms with Gasteiger partial charge in [0.2, 0.25) is 0 Å². The molecule has 2 aromatic carbocycles. The Morgan fingerprint density at radius 3 is 2.03 bits per heavy atom. The van der Waals surface area contributed by atoms with Crippen molar-refractivity contribution >= 4 is 25.5 Å². The fourth-order valence-electron chi connectivity index (χ4n) is 3.67. The summed E-state index contributed by atoms with van der Waals surface area (Å²) in [4.78, 5) is 10.5. The SMILES string of the molecule is C=CCNS(=NC(C)(C)CC(C)(C)C)(=NS(=O)(=O)c1ccc([N+](=O)[O-])cc1)c1ccc(F)cc1. The van der Waals surface area contributed by atoms with Gasteiger partial charge >= 0.3 is 0 Å². The van der Waals surface area contributed by atoms with Crippen molar-refractivity contribution in [2.45, 2.75) is 56.4 Å². The van der Waals surface area contributed by atoms with Gasteiger partial charge in [0.15, 0.2) is 0 Å². The lowest BCUT2D eigenvalue weighted by molar-refractivity contribution is -0.384. The standard InChI is InChI=1S/C23H31FN4O4S2/c1-7-16-25-33(20-12-8-18(24)9-13-20,26-23(5,6)17-22(2,3)4)27-34(31,32)21-14-10-19(11-15-21)28(29)30/h7-15H,1,16-17H2,2-6H3,(H,25,26,27). The molecule has 0 bridgehead atoms. The molecule has 2 rings (SSSR count). The van der Waals surface area contributed by atoms with Crippen LogP contribution in [0.2, 0.25) is 0 Å². The van der Waals surface area contributed by atoms with E-state index in [0.29, 0.717) is 11.3 Å². The molecule has 1 N–H and O–H groups in total. The zero-order valence-electron chi connectivity index (χ0n) is 20.0. The van der Waals surface area contributed by atoms with Gasteiger partial charge in [-0.05, 0) is 62.1 Å². The van der Waals surface area contributed by atoms with E-state index in [1.54, 1.807) is 6.08 Å². The summed E-state index contributed by atoms with van der Waals surface area (Å²) in [6.07, 6.45) is 2.18. The van der Waals surface area contributed by atoms with Gasteiger partial charge in [-0.15, -0.1) is 10.3 Å². The maximum atomic E-state index is 13.7. The van der Waals surface area contributed by atoms with E-state index in [1.165, 1.54) is 24.3 Å². The Balaban J connectivity index is 2.90. The maximum absolute atomic E-state index is 13.7. The number of non-ortho nitro benzene ring substituents is 1. The van der Waals surface area contributed by atoms with E-state index < -0.39 is 36.1 Å². The van der Waals surface area contributed by atoms with Crippen molar-refractivity contribution in [3.63, 3.8) is 0 Å². The van der Waals surface area contributed by atoms with E-state index in [1.807, 2.05) is 13.8 Å². The van der Waals surface area contributed by atoms with Gasteiger partial charge in [-0.1, -0.05) is 26.8 Å². The Bertz CT molecular complexity index is 1270. The zero-order chi connectivity index (χ0) is 25.8. The van der Waals surface area contributed by atoms with Crippen molar-refractivity contribution in [2.75, 3.05) is 6.54 Å². The van der Waals surface area contributed by atoms with Crippen molar-refractivity contribution < 1.29 is 17.7 Å². The zero-order valence-corrected chi connectivity index (χ0v) is 21.6. The van der Waals surface area contributed by atoms with Crippen LogP contribution in [0.25, 0.3) is 0 Å². The van der Waals surface area contributed by atoms with Gasteiger partial charge in [-0.25, -0.2) is 13.5 Å². The molecule has 11 heteroatoms. The van der Waals surface area contributed by atoms with Gasteiger partial charge in [0, 0.05) is 33.4 Å². The average molecular weight is 511 g/mol. The Kier molecular flexibility index (Phi) is 8.39. The number of rotatable bonds is 9. The van der Waals surface area contributed by atoms with Gasteiger partial charge in [0.05, 0.1) is 15.4 Å². The first kappa shape index (κ1) is 27.6. The Labute approximate surface area is 201 Å². The van der Waals surface area contributed by atoms with Crippen molar-refractivity contribution in [2.24, 2.45) is 13.5 Å². The first-order chi connectivity index (χ1) is 15.6. The van der Waals surface area contributed by atoms with Gasteiger partial charge in [0.25, 0.3) is 15.7 Å². The molecule has 34 heavy (non-hydrogen) atoms. The topological polar surface area (TPSA) is 114 Å². The minimum absolute atomic E-state index is 0.114. The lowest BCUT2D eigenvalue weighted by atomic mass is 9.82. The van der Waals surface area contributed by atoms with E-state index >= 15 is 0 Å². The van der Waals surface area contributed by atoms with Crippen LogP contribution in [0, 0.1) is 21.3 Å². The summed E-state index contributed by atoms with van der Waals surface area (Å²) in [5.41, 5.74) is -1.06. The van der Waals surface area contributed by atoms with E-state index in [2.05, 4.69) is 35.8 Å². The van der Waals surface area contributed by atoms with Crippen molar-refractivity contribution in [1.82, 2.24) is 4.72 Å². The summed E-state index contributed by atoms with van der Waals surface area (Å²) >= 11 is 0. The summed E-state index contributed by atoms with van der Waals surface area (Å²) in [5.74, 6) is -0.479. The highest BCUT2D eigenvalue weighted by Gasteiger charge is 2.29. The largest absolute Gasteiger partial charge is 0.290 e. The quantitative estimate of drug-likeness (QED) is 0.256. The molecule has 0 aliphatic carbocycles.